The van der Waals surface area contributed by atoms with Crippen LogP contribution in [0.3, 0.4) is 0 Å². The van der Waals surface area contributed by atoms with E-state index >= 15 is 0 Å². The van der Waals surface area contributed by atoms with Gasteiger partial charge < -0.3 is 25.6 Å². The fourth-order valence-corrected chi connectivity index (χ4v) is 4.00. The van der Waals surface area contributed by atoms with E-state index in [0.29, 0.717) is 22.4 Å². The lowest BCUT2D eigenvalue weighted by molar-refractivity contribution is -0.245. The molecule has 2 atom stereocenters. The SMILES string of the molecule is CC1(C)OC(=O)c2ccc(Nc3ncc(C(=O)NNC(=O)C(C)(O)C(F)(F)F)c(NC(CO)c4ccccc4)n3)cc21. The zero-order valence-electron chi connectivity index (χ0n) is 22.5. The number of benzene rings is 2. The van der Waals surface area contributed by atoms with E-state index in [1.165, 1.54) is 0 Å². The Morgan fingerprint density at radius 1 is 1.10 bits per heavy atom. The van der Waals surface area contributed by atoms with Gasteiger partial charge in [-0.2, -0.15) is 18.2 Å². The number of halogens is 3. The van der Waals surface area contributed by atoms with Crippen molar-refractivity contribution in [1.29, 1.82) is 0 Å². The summed E-state index contributed by atoms with van der Waals surface area (Å²) in [4.78, 5) is 45.4. The number of anilines is 3. The van der Waals surface area contributed by atoms with Crippen LogP contribution < -0.4 is 21.5 Å². The summed E-state index contributed by atoms with van der Waals surface area (Å²) >= 11 is 0. The molecule has 1 aliphatic heterocycles. The molecule has 0 radical (unpaired) electrons. The maximum atomic E-state index is 13.0. The highest BCUT2D eigenvalue weighted by Crippen LogP contribution is 2.37. The van der Waals surface area contributed by atoms with Gasteiger partial charge in [0.2, 0.25) is 11.5 Å². The van der Waals surface area contributed by atoms with Gasteiger partial charge in [0.15, 0.2) is 0 Å². The van der Waals surface area contributed by atoms with Crippen LogP contribution in [0.2, 0.25) is 0 Å². The highest BCUT2D eigenvalue weighted by Gasteiger charge is 2.56. The number of hydrogen-bond donors (Lipinski definition) is 6. The minimum absolute atomic E-state index is 0.0224. The van der Waals surface area contributed by atoms with Crippen molar-refractivity contribution in [3.05, 3.63) is 77.0 Å². The van der Waals surface area contributed by atoms with Crippen LogP contribution in [0.15, 0.2) is 54.7 Å². The predicted octanol–water partition coefficient (Wildman–Crippen LogP) is 2.85. The maximum absolute atomic E-state index is 13.0. The normalized spacial score (nSPS) is 16.0. The number of aliphatic hydroxyl groups is 2. The molecule has 1 aromatic heterocycles. The van der Waals surface area contributed by atoms with Crippen molar-refractivity contribution in [3.63, 3.8) is 0 Å². The Morgan fingerprint density at radius 3 is 2.43 bits per heavy atom. The van der Waals surface area contributed by atoms with Crippen LogP contribution in [0.5, 0.6) is 0 Å². The second-order valence-electron chi connectivity index (χ2n) is 10.0. The van der Waals surface area contributed by atoms with E-state index in [9.17, 15) is 37.8 Å². The summed E-state index contributed by atoms with van der Waals surface area (Å²) in [6.07, 6.45) is -4.26. The van der Waals surface area contributed by atoms with Crippen LogP contribution in [0.1, 0.15) is 58.7 Å². The highest BCUT2D eigenvalue weighted by atomic mass is 19.4. The molecule has 15 heteroatoms. The Bertz CT molecular complexity index is 1510. The topological polar surface area (TPSA) is 175 Å². The summed E-state index contributed by atoms with van der Waals surface area (Å²) in [6, 6.07) is 12.7. The van der Waals surface area contributed by atoms with Crippen LogP contribution in [0.4, 0.5) is 30.6 Å². The molecule has 0 bridgehead atoms. The smallest absolute Gasteiger partial charge is 0.426 e. The maximum Gasteiger partial charge on any atom is 0.426 e. The number of hydrogen-bond acceptors (Lipinski definition) is 10. The Kier molecular flexibility index (Phi) is 8.09. The average molecular weight is 589 g/mol. The van der Waals surface area contributed by atoms with Gasteiger partial charge in [0, 0.05) is 17.4 Å². The van der Waals surface area contributed by atoms with Crippen molar-refractivity contribution in [3.8, 4) is 0 Å². The molecule has 6 N–H and O–H groups in total. The molecule has 2 heterocycles. The minimum atomic E-state index is -5.30. The molecular weight excluding hydrogens is 561 g/mol. The van der Waals surface area contributed by atoms with Crippen molar-refractivity contribution in [2.75, 3.05) is 17.2 Å². The number of amides is 2. The fourth-order valence-electron chi connectivity index (χ4n) is 4.00. The molecule has 12 nitrogen and oxygen atoms in total. The summed E-state index contributed by atoms with van der Waals surface area (Å²) in [7, 11) is 0. The first-order chi connectivity index (χ1) is 19.6. The first kappa shape index (κ1) is 30.2. The van der Waals surface area contributed by atoms with Gasteiger partial charge in [0.1, 0.15) is 17.0 Å². The van der Waals surface area contributed by atoms with Gasteiger partial charge in [-0.3, -0.25) is 20.4 Å². The molecule has 3 aromatic rings. The van der Waals surface area contributed by atoms with Crippen LogP contribution >= 0.6 is 0 Å². The highest BCUT2D eigenvalue weighted by molar-refractivity contribution is 6.00. The van der Waals surface area contributed by atoms with Crippen molar-refractivity contribution < 1.29 is 42.5 Å². The third-order valence-corrected chi connectivity index (χ3v) is 6.50. The number of carbonyl (C=O) groups is 3. The van der Waals surface area contributed by atoms with Gasteiger partial charge in [-0.1, -0.05) is 30.3 Å². The first-order valence-electron chi connectivity index (χ1n) is 12.5. The number of ether oxygens (including phenoxy) is 1. The van der Waals surface area contributed by atoms with Crippen LogP contribution in [0.25, 0.3) is 0 Å². The summed E-state index contributed by atoms with van der Waals surface area (Å²) in [6.45, 7) is 3.27. The molecule has 0 saturated carbocycles. The Labute approximate surface area is 237 Å². The van der Waals surface area contributed by atoms with Crippen LogP contribution in [-0.2, 0) is 15.1 Å². The van der Waals surface area contributed by atoms with E-state index in [4.69, 9.17) is 4.74 Å². The summed E-state index contributed by atoms with van der Waals surface area (Å²) < 4.78 is 44.3. The third-order valence-electron chi connectivity index (χ3n) is 6.50. The minimum Gasteiger partial charge on any atom is -0.451 e. The van der Waals surface area contributed by atoms with Crippen molar-refractivity contribution >= 4 is 35.2 Å². The number of nitrogens with one attached hydrogen (secondary N) is 4. The van der Waals surface area contributed by atoms with Gasteiger partial charge >= 0.3 is 12.1 Å². The summed E-state index contributed by atoms with van der Waals surface area (Å²) in [5, 5.41) is 25.4. The summed E-state index contributed by atoms with van der Waals surface area (Å²) in [5.74, 6) is -3.67. The van der Waals surface area contributed by atoms with Gasteiger partial charge in [-0.15, -0.1) is 0 Å². The number of nitrogens with zero attached hydrogens (tertiary/aromatic N) is 2. The number of fused-ring (bicyclic) bond motifs is 1. The Morgan fingerprint density at radius 2 is 1.79 bits per heavy atom. The van der Waals surface area contributed by atoms with E-state index < -0.39 is 47.8 Å². The average Bonchev–Trinajstić information content (AvgIpc) is 3.17. The number of carbonyl (C=O) groups excluding carboxylic acids is 3. The zero-order chi connectivity index (χ0) is 30.9. The second kappa shape index (κ2) is 11.3. The Hall–Kier alpha value is -4.76. The van der Waals surface area contributed by atoms with E-state index in [1.54, 1.807) is 67.8 Å². The Balaban J connectivity index is 1.63. The lowest BCUT2D eigenvalue weighted by atomic mass is 9.95. The number of aromatic nitrogens is 2. The van der Waals surface area contributed by atoms with Crippen LogP contribution in [-0.4, -0.2) is 56.3 Å². The number of cyclic esters (lactones) is 1. The number of hydrazine groups is 1. The quantitative estimate of drug-likeness (QED) is 0.170. The van der Waals surface area contributed by atoms with Crippen molar-refractivity contribution in [2.24, 2.45) is 0 Å². The van der Waals surface area contributed by atoms with Gasteiger partial charge in [0.25, 0.3) is 11.8 Å². The molecule has 2 amide bonds. The molecular formula is C27H27F3N6O6. The largest absolute Gasteiger partial charge is 0.451 e. The van der Waals surface area contributed by atoms with Crippen molar-refractivity contribution in [2.45, 2.75) is 44.2 Å². The van der Waals surface area contributed by atoms with Gasteiger partial charge in [0.05, 0.1) is 18.2 Å². The van der Waals surface area contributed by atoms with E-state index in [1.807, 2.05) is 5.43 Å². The molecule has 42 heavy (non-hydrogen) atoms. The molecule has 4 rings (SSSR count). The molecule has 222 valence electrons. The molecule has 0 spiro atoms. The lowest BCUT2D eigenvalue weighted by Crippen LogP contribution is -2.58. The van der Waals surface area contributed by atoms with Gasteiger partial charge in [-0.05, 0) is 44.5 Å². The number of alkyl halides is 3. The van der Waals surface area contributed by atoms with Crippen LogP contribution in [0, 0.1) is 0 Å². The second-order valence-corrected chi connectivity index (χ2v) is 10.0. The molecule has 1 aliphatic rings. The van der Waals surface area contributed by atoms with E-state index in [-0.39, 0.29) is 24.3 Å². The molecule has 2 aromatic carbocycles. The number of rotatable bonds is 8. The number of esters is 1. The van der Waals surface area contributed by atoms with E-state index in [2.05, 4.69) is 20.6 Å². The molecule has 0 aliphatic carbocycles. The third kappa shape index (κ3) is 6.11. The van der Waals surface area contributed by atoms with E-state index in [0.717, 1.165) is 6.20 Å². The number of aliphatic hydroxyl groups excluding tert-OH is 1. The van der Waals surface area contributed by atoms with Crippen molar-refractivity contribution in [1.82, 2.24) is 20.8 Å². The molecule has 0 saturated heterocycles. The monoisotopic (exact) mass is 588 g/mol. The lowest BCUT2D eigenvalue weighted by Gasteiger charge is -2.25. The first-order valence-corrected chi connectivity index (χ1v) is 12.5. The predicted molar refractivity (Wildman–Crippen MR) is 142 cm³/mol. The fraction of sp³-hybridized carbons (Fsp3) is 0.296. The zero-order valence-corrected chi connectivity index (χ0v) is 22.5. The van der Waals surface area contributed by atoms with Gasteiger partial charge in [-0.25, -0.2) is 9.78 Å². The summed E-state index contributed by atoms with van der Waals surface area (Å²) in [5.41, 5.74) is 0.536. The standard InChI is InChI=1S/C27H27F3N6O6/c1-25(2)18-11-15(9-10-16(18)22(39)42-25)32-24-31-12-17(21(38)35-36-23(40)26(3,41)27(28,29)30)20(34-24)33-19(13-37)14-7-5-4-6-8-14/h4-12,19,37,41H,13H2,1-3H3,(H,35,38)(H,36,40)(H2,31,32,33,34). The molecule has 2 unspecified atom stereocenters. The molecule has 0 fully saturated rings.